The molecule has 18 heteroatoms. The van der Waals surface area contributed by atoms with Gasteiger partial charge in [-0.25, -0.2) is 0 Å². The second kappa shape index (κ2) is 25.8. The highest BCUT2D eigenvalue weighted by molar-refractivity contribution is 6.32. The van der Waals surface area contributed by atoms with Crippen LogP contribution in [0.4, 0.5) is 0 Å². The number of nitrogens with one attached hydrogen (secondary N) is 2. The molecule has 0 saturated heterocycles. The summed E-state index contributed by atoms with van der Waals surface area (Å²) in [6.45, 7) is 8.76. The minimum Gasteiger partial charge on any atom is -0.488 e. The molecule has 6 aromatic rings. The van der Waals surface area contributed by atoms with Gasteiger partial charge in [0.05, 0.1) is 48.7 Å². The van der Waals surface area contributed by atoms with E-state index >= 15 is 0 Å². The molecule has 0 spiro atoms. The third-order valence-corrected chi connectivity index (χ3v) is 13.0. The van der Waals surface area contributed by atoms with Crippen molar-refractivity contribution in [2.75, 3.05) is 27.8 Å². The van der Waals surface area contributed by atoms with E-state index < -0.39 is 36.2 Å². The van der Waals surface area contributed by atoms with Crippen molar-refractivity contribution in [1.29, 1.82) is 0 Å². The summed E-state index contributed by atoms with van der Waals surface area (Å²) in [5.74, 6) is 0.465. The van der Waals surface area contributed by atoms with Crippen molar-refractivity contribution < 1.29 is 48.2 Å². The number of hydrogen-bond acceptors (Lipinski definition) is 16. The second-order valence-electron chi connectivity index (χ2n) is 17.7. The van der Waals surface area contributed by atoms with E-state index in [2.05, 4.69) is 42.7 Å². The third-order valence-electron chi connectivity index (χ3n) is 12.4. The van der Waals surface area contributed by atoms with Crippen molar-refractivity contribution in [3.8, 4) is 34.1 Å². The molecule has 0 unspecified atom stereocenters. The number of ether oxygens (including phenoxy) is 6. The van der Waals surface area contributed by atoms with Gasteiger partial charge in [0.1, 0.15) is 61.5 Å². The Morgan fingerprint density at radius 3 is 1.55 bits per heavy atom. The highest BCUT2D eigenvalue weighted by Crippen LogP contribution is 2.38. The number of pyridine rings is 2. The monoisotopic (exact) mass is 1050 g/mol. The lowest BCUT2D eigenvalue weighted by atomic mass is 9.92. The Bertz CT molecular complexity index is 3020. The second-order valence-corrected chi connectivity index (χ2v) is 18.5. The van der Waals surface area contributed by atoms with Crippen molar-refractivity contribution in [1.82, 2.24) is 20.6 Å². The first-order valence-electron chi connectivity index (χ1n) is 23.8. The zero-order valence-electron chi connectivity index (χ0n) is 42.3. The Labute approximate surface area is 440 Å². The van der Waals surface area contributed by atoms with Gasteiger partial charge >= 0.3 is 11.9 Å². The maximum Gasteiger partial charge on any atom is 0.325 e. The van der Waals surface area contributed by atoms with Gasteiger partial charge in [0.15, 0.2) is 0 Å². The molecule has 2 aromatic heterocycles. The van der Waals surface area contributed by atoms with Crippen molar-refractivity contribution in [3.63, 3.8) is 0 Å². The standard InChI is InChI=1S/C56H60Cl2N6O10/c1-32-39(30-73-51-18-49(71-28-37-14-36(20-59-5)21-60-22-37)42(16-46(51)57)25-63-53(34(3)65)55(67)69-6)10-8-12-44(32)45-13-9-11-40(33(45)2)31-74-52-19-50(72-29-38-15-41(24-61-23-38)48-27-62-48)43(17-47(52)58)26-64-54(35(4)66)56(68)70-7/h8-24,34-35,53-54,63-66H,25-31H2,1-7H3/b59-20+/t34-,35-,53-,54-/m1/s1. The van der Waals surface area contributed by atoms with Crippen molar-refractivity contribution >= 4 is 47.1 Å². The number of aliphatic hydroxyl groups is 2. The molecule has 0 saturated carbocycles. The van der Waals surface area contributed by atoms with Crippen LogP contribution in [0.25, 0.3) is 11.1 Å². The molecule has 0 bridgehead atoms. The Morgan fingerprint density at radius 2 is 1.11 bits per heavy atom. The van der Waals surface area contributed by atoms with Gasteiger partial charge in [-0.1, -0.05) is 59.6 Å². The van der Waals surface area contributed by atoms with Crippen LogP contribution in [0, 0.1) is 13.8 Å². The third kappa shape index (κ3) is 14.2. The van der Waals surface area contributed by atoms with Gasteiger partial charge in [-0.3, -0.25) is 40.2 Å². The highest BCUT2D eigenvalue weighted by Gasteiger charge is 2.27. The fourth-order valence-corrected chi connectivity index (χ4v) is 8.64. The van der Waals surface area contributed by atoms with Gasteiger partial charge in [0.25, 0.3) is 0 Å². The van der Waals surface area contributed by atoms with Crippen molar-refractivity contribution in [3.05, 3.63) is 163 Å². The number of halogens is 2. The van der Waals surface area contributed by atoms with Gasteiger partial charge in [0.2, 0.25) is 0 Å². The molecular weight excluding hydrogens is 988 g/mol. The molecule has 1 aliphatic heterocycles. The first-order valence-corrected chi connectivity index (χ1v) is 24.6. The van der Waals surface area contributed by atoms with Gasteiger partial charge in [0, 0.05) is 96.7 Å². The van der Waals surface area contributed by atoms with E-state index in [-0.39, 0.29) is 39.5 Å². The van der Waals surface area contributed by atoms with Gasteiger partial charge in [-0.15, -0.1) is 0 Å². The first-order chi connectivity index (χ1) is 35.7. The van der Waals surface area contributed by atoms with Gasteiger partial charge < -0.3 is 38.6 Å². The summed E-state index contributed by atoms with van der Waals surface area (Å²) < 4.78 is 35.4. The molecule has 388 valence electrons. The summed E-state index contributed by atoms with van der Waals surface area (Å²) >= 11 is 13.8. The molecule has 4 N–H and O–H groups in total. The summed E-state index contributed by atoms with van der Waals surface area (Å²) in [5.41, 5.74) is 11.5. The topological polar surface area (TPSA) is 205 Å². The van der Waals surface area contributed by atoms with Crippen LogP contribution >= 0.6 is 23.2 Å². The normalized spacial score (nSPS) is 13.6. The van der Waals surface area contributed by atoms with Crippen LogP contribution in [-0.2, 0) is 58.6 Å². The SMILES string of the molecule is C/N=C/c1cncc(COc2cc(OCc3cccc(-c4cccc(COc5cc(OCc6cncc(C7=NC7)c6)c(CN[C@@H](C(=O)OC)[C@@H](C)O)cc5Cl)c4C)c3C)c(Cl)cc2CN[C@@H](C(=O)OC)[C@@H](C)O)c1. The summed E-state index contributed by atoms with van der Waals surface area (Å²) in [6.07, 6.45) is 6.57. The van der Waals surface area contributed by atoms with Crippen LogP contribution in [0.2, 0.25) is 10.0 Å². The highest BCUT2D eigenvalue weighted by atomic mass is 35.5. The molecule has 74 heavy (non-hydrogen) atoms. The maximum atomic E-state index is 12.5. The number of carbonyl (C=O) groups excluding carboxylic acids is 2. The lowest BCUT2D eigenvalue weighted by Crippen LogP contribution is -2.45. The number of rotatable bonds is 25. The lowest BCUT2D eigenvalue weighted by molar-refractivity contribution is -0.146. The predicted molar refractivity (Wildman–Crippen MR) is 284 cm³/mol. The fourth-order valence-electron chi connectivity index (χ4n) is 8.16. The molecule has 4 aromatic carbocycles. The minimum absolute atomic E-state index is 0.119. The Kier molecular flexibility index (Phi) is 19.1. The molecule has 3 heterocycles. The number of aliphatic imine (C=N–C) groups is 2. The number of aromatic nitrogens is 2. The molecule has 0 fully saturated rings. The van der Waals surface area contributed by atoms with Gasteiger partial charge in [-0.2, -0.15) is 0 Å². The number of benzene rings is 4. The predicted octanol–water partition coefficient (Wildman–Crippen LogP) is 8.26. The number of aliphatic hydroxyl groups excluding tert-OH is 2. The van der Waals surface area contributed by atoms with E-state index in [1.165, 1.54) is 28.1 Å². The van der Waals surface area contributed by atoms with E-state index in [0.717, 1.165) is 61.3 Å². The fraction of sp³-hybridized carbons (Fsp3) is 0.321. The smallest absolute Gasteiger partial charge is 0.325 e. The zero-order chi connectivity index (χ0) is 52.9. The summed E-state index contributed by atoms with van der Waals surface area (Å²) in [4.78, 5) is 42.0. The molecule has 0 aliphatic carbocycles. The largest absolute Gasteiger partial charge is 0.488 e. The summed E-state index contributed by atoms with van der Waals surface area (Å²) in [5, 5.41) is 27.4. The molecule has 1 aliphatic rings. The van der Waals surface area contributed by atoms with Crippen LogP contribution in [0.5, 0.6) is 23.0 Å². The lowest BCUT2D eigenvalue weighted by Gasteiger charge is -2.21. The van der Waals surface area contributed by atoms with Crippen molar-refractivity contribution in [2.45, 2.75) is 91.5 Å². The molecule has 4 atom stereocenters. The van der Waals surface area contributed by atoms with Crippen LogP contribution < -0.4 is 29.6 Å². The Hall–Kier alpha value is -6.92. The Balaban J connectivity index is 1.09. The number of carbonyl (C=O) groups is 2. The van der Waals surface area contributed by atoms with Crippen LogP contribution in [0.3, 0.4) is 0 Å². The van der Waals surface area contributed by atoms with Gasteiger partial charge in [-0.05, 0) is 85.3 Å². The van der Waals surface area contributed by atoms with E-state index in [1.807, 2.05) is 50.2 Å². The Morgan fingerprint density at radius 1 is 0.649 bits per heavy atom. The number of nitrogens with zero attached hydrogens (tertiary/aromatic N) is 4. The molecule has 7 rings (SSSR count). The van der Waals surface area contributed by atoms with E-state index in [4.69, 9.17) is 51.6 Å². The van der Waals surface area contributed by atoms with Crippen LogP contribution in [0.15, 0.2) is 108 Å². The maximum absolute atomic E-state index is 12.5. The molecule has 0 radical (unpaired) electrons. The zero-order valence-corrected chi connectivity index (χ0v) is 43.8. The summed E-state index contributed by atoms with van der Waals surface area (Å²) in [6, 6.07) is 20.9. The molecule has 16 nitrogen and oxygen atoms in total. The number of methoxy groups -OCH3 is 2. The number of esters is 2. The minimum atomic E-state index is -1.03. The van der Waals surface area contributed by atoms with E-state index in [9.17, 15) is 19.8 Å². The average Bonchev–Trinajstić information content (AvgIpc) is 4.25. The summed E-state index contributed by atoms with van der Waals surface area (Å²) in [7, 11) is 4.22. The van der Waals surface area contributed by atoms with E-state index in [0.29, 0.717) is 50.7 Å². The average molecular weight is 1050 g/mol. The van der Waals surface area contributed by atoms with Crippen LogP contribution in [0.1, 0.15) is 69.5 Å². The quantitative estimate of drug-likeness (QED) is 0.0315. The van der Waals surface area contributed by atoms with Crippen molar-refractivity contribution in [2.24, 2.45) is 9.98 Å². The van der Waals surface area contributed by atoms with Crippen LogP contribution in [-0.4, -0.2) is 96.1 Å². The number of hydrogen-bond donors (Lipinski definition) is 4. The molecular formula is C56H60Cl2N6O10. The molecule has 0 amide bonds. The van der Waals surface area contributed by atoms with E-state index in [1.54, 1.807) is 62.3 Å². The first kappa shape index (κ1) is 54.8.